The zero-order chi connectivity index (χ0) is 11.6. The maximum Gasteiger partial charge on any atom is 0.160 e. The van der Waals surface area contributed by atoms with Crippen LogP contribution in [0.5, 0.6) is 5.75 Å². The lowest BCUT2D eigenvalue weighted by atomic mass is 10.1. The quantitative estimate of drug-likeness (QED) is 0.828. The lowest BCUT2D eigenvalue weighted by Gasteiger charge is -2.15. The van der Waals surface area contributed by atoms with E-state index in [2.05, 4.69) is 32.8 Å². The van der Waals surface area contributed by atoms with Crippen molar-refractivity contribution in [2.24, 2.45) is 0 Å². The second kappa shape index (κ2) is 4.69. The van der Waals surface area contributed by atoms with E-state index in [1.54, 1.807) is 0 Å². The molecule has 0 bridgehead atoms. The topological polar surface area (TPSA) is 38.0 Å². The molecule has 0 aliphatic heterocycles. The summed E-state index contributed by atoms with van der Waals surface area (Å²) in [6.07, 6.45) is 1.82. The van der Waals surface area contributed by atoms with Crippen LogP contribution in [0.2, 0.25) is 0 Å². The van der Waals surface area contributed by atoms with Gasteiger partial charge in [0.2, 0.25) is 0 Å². The van der Waals surface area contributed by atoms with Gasteiger partial charge in [-0.15, -0.1) is 0 Å². The fourth-order valence-electron chi connectivity index (χ4n) is 1.77. The van der Waals surface area contributed by atoms with Crippen LogP contribution >= 0.6 is 0 Å². The van der Waals surface area contributed by atoms with E-state index in [0.717, 1.165) is 24.2 Å². The SMILES string of the molecule is CCc1nn(C(C)CC)c(C(C)C)c1O. The van der Waals surface area contributed by atoms with Crippen LogP contribution < -0.4 is 0 Å². The number of hydrogen-bond donors (Lipinski definition) is 1. The molecule has 86 valence electrons. The predicted octanol–water partition coefficient (Wildman–Crippen LogP) is 3.25. The smallest absolute Gasteiger partial charge is 0.160 e. The second-order valence-electron chi connectivity index (χ2n) is 4.39. The molecule has 1 aromatic heterocycles. The van der Waals surface area contributed by atoms with Crippen LogP contribution in [-0.2, 0) is 6.42 Å². The van der Waals surface area contributed by atoms with Crippen molar-refractivity contribution < 1.29 is 5.11 Å². The maximum atomic E-state index is 10.0. The van der Waals surface area contributed by atoms with Crippen molar-refractivity contribution in [3.8, 4) is 5.75 Å². The molecule has 0 aromatic carbocycles. The summed E-state index contributed by atoms with van der Waals surface area (Å²) < 4.78 is 1.98. The Hall–Kier alpha value is -0.990. The van der Waals surface area contributed by atoms with Gasteiger partial charge in [0, 0.05) is 6.04 Å². The van der Waals surface area contributed by atoms with Gasteiger partial charge in [0.1, 0.15) is 5.69 Å². The third-order valence-corrected chi connectivity index (χ3v) is 2.88. The molecule has 1 rings (SSSR count). The highest BCUT2D eigenvalue weighted by Crippen LogP contribution is 2.31. The van der Waals surface area contributed by atoms with Gasteiger partial charge in [0.15, 0.2) is 5.75 Å². The summed E-state index contributed by atoms with van der Waals surface area (Å²) >= 11 is 0. The third-order valence-electron chi connectivity index (χ3n) is 2.88. The van der Waals surface area contributed by atoms with Gasteiger partial charge in [-0.25, -0.2) is 0 Å². The molecule has 0 aliphatic carbocycles. The number of nitrogens with zero attached hydrogens (tertiary/aromatic N) is 2. The minimum absolute atomic E-state index is 0.312. The first kappa shape index (κ1) is 12.1. The van der Waals surface area contributed by atoms with Gasteiger partial charge in [-0.2, -0.15) is 5.10 Å². The first-order chi connectivity index (χ1) is 7.02. The first-order valence-corrected chi connectivity index (χ1v) is 5.83. The van der Waals surface area contributed by atoms with Crippen molar-refractivity contribution in [1.82, 2.24) is 9.78 Å². The Morgan fingerprint density at radius 2 is 1.87 bits per heavy atom. The van der Waals surface area contributed by atoms with Crippen LogP contribution in [0.25, 0.3) is 0 Å². The summed E-state index contributed by atoms with van der Waals surface area (Å²) in [5.74, 6) is 0.708. The van der Waals surface area contributed by atoms with E-state index in [4.69, 9.17) is 0 Å². The molecule has 1 atom stereocenters. The van der Waals surface area contributed by atoms with Gasteiger partial charge >= 0.3 is 0 Å². The van der Waals surface area contributed by atoms with Gasteiger partial charge in [-0.1, -0.05) is 27.7 Å². The second-order valence-corrected chi connectivity index (χ2v) is 4.39. The highest BCUT2D eigenvalue weighted by atomic mass is 16.3. The zero-order valence-corrected chi connectivity index (χ0v) is 10.4. The largest absolute Gasteiger partial charge is 0.504 e. The van der Waals surface area contributed by atoms with Gasteiger partial charge in [-0.05, 0) is 25.7 Å². The Morgan fingerprint density at radius 3 is 2.27 bits per heavy atom. The summed E-state index contributed by atoms with van der Waals surface area (Å²) in [5, 5.41) is 14.5. The molecule has 0 spiro atoms. The Labute approximate surface area is 92.1 Å². The van der Waals surface area contributed by atoms with Gasteiger partial charge in [0.05, 0.1) is 5.69 Å². The van der Waals surface area contributed by atoms with E-state index in [9.17, 15) is 5.11 Å². The van der Waals surface area contributed by atoms with E-state index in [1.807, 2.05) is 11.6 Å². The average Bonchev–Trinajstić information content (AvgIpc) is 2.54. The lowest BCUT2D eigenvalue weighted by Crippen LogP contribution is -2.11. The monoisotopic (exact) mass is 210 g/mol. The van der Waals surface area contributed by atoms with Crippen LogP contribution in [0.4, 0.5) is 0 Å². The van der Waals surface area contributed by atoms with Crippen molar-refractivity contribution in [3.05, 3.63) is 11.4 Å². The van der Waals surface area contributed by atoms with Crippen LogP contribution in [-0.4, -0.2) is 14.9 Å². The molecule has 0 aliphatic rings. The van der Waals surface area contributed by atoms with Crippen molar-refractivity contribution in [2.45, 2.75) is 59.4 Å². The predicted molar refractivity (Wildman–Crippen MR) is 62.4 cm³/mol. The van der Waals surface area contributed by atoms with Crippen LogP contribution in [0, 0.1) is 0 Å². The van der Waals surface area contributed by atoms with Crippen molar-refractivity contribution in [2.75, 3.05) is 0 Å². The molecule has 0 amide bonds. The molecule has 1 heterocycles. The summed E-state index contributed by atoms with van der Waals surface area (Å²) in [5.41, 5.74) is 1.79. The molecule has 1 unspecified atom stereocenters. The number of aromatic nitrogens is 2. The van der Waals surface area contributed by atoms with Crippen molar-refractivity contribution in [1.29, 1.82) is 0 Å². The van der Waals surface area contributed by atoms with Gasteiger partial charge < -0.3 is 5.11 Å². The fourth-order valence-corrected chi connectivity index (χ4v) is 1.77. The van der Waals surface area contributed by atoms with Crippen molar-refractivity contribution >= 4 is 0 Å². The van der Waals surface area contributed by atoms with Crippen LogP contribution in [0.15, 0.2) is 0 Å². The summed E-state index contributed by atoms with van der Waals surface area (Å²) in [6, 6.07) is 0.355. The maximum absolute atomic E-state index is 10.0. The van der Waals surface area contributed by atoms with E-state index < -0.39 is 0 Å². The molecule has 0 saturated heterocycles. The Balaban J connectivity index is 3.24. The average molecular weight is 210 g/mol. The summed E-state index contributed by atoms with van der Waals surface area (Å²) in [4.78, 5) is 0. The lowest BCUT2D eigenvalue weighted by molar-refractivity contribution is 0.428. The van der Waals surface area contributed by atoms with Crippen LogP contribution in [0.3, 0.4) is 0 Å². The molecule has 0 saturated carbocycles. The zero-order valence-electron chi connectivity index (χ0n) is 10.4. The Morgan fingerprint density at radius 1 is 1.27 bits per heavy atom. The highest BCUT2D eigenvalue weighted by molar-refractivity contribution is 5.34. The first-order valence-electron chi connectivity index (χ1n) is 5.83. The minimum Gasteiger partial charge on any atom is -0.504 e. The molecular formula is C12H22N2O. The fraction of sp³-hybridized carbons (Fsp3) is 0.750. The highest BCUT2D eigenvalue weighted by Gasteiger charge is 2.20. The number of aryl methyl sites for hydroxylation is 1. The normalized spacial score (nSPS) is 13.5. The summed E-state index contributed by atoms with van der Waals surface area (Å²) in [7, 11) is 0. The van der Waals surface area contributed by atoms with E-state index in [0.29, 0.717) is 17.7 Å². The number of rotatable bonds is 4. The number of aromatic hydroxyl groups is 1. The molecule has 15 heavy (non-hydrogen) atoms. The van der Waals surface area contributed by atoms with E-state index >= 15 is 0 Å². The van der Waals surface area contributed by atoms with E-state index in [-0.39, 0.29) is 0 Å². The standard InChI is InChI=1S/C12H22N2O/c1-6-9(5)14-11(8(3)4)12(15)10(7-2)13-14/h8-9,15H,6-7H2,1-5H3. The molecule has 3 nitrogen and oxygen atoms in total. The van der Waals surface area contributed by atoms with Crippen LogP contribution in [0.1, 0.15) is 64.4 Å². The summed E-state index contributed by atoms with van der Waals surface area (Å²) in [6.45, 7) is 10.5. The number of hydrogen-bond acceptors (Lipinski definition) is 2. The molecular weight excluding hydrogens is 188 g/mol. The molecule has 3 heteroatoms. The molecule has 0 radical (unpaired) electrons. The minimum atomic E-state index is 0.312. The van der Waals surface area contributed by atoms with Gasteiger partial charge in [-0.3, -0.25) is 4.68 Å². The molecule has 1 aromatic rings. The Bertz CT molecular complexity index is 329. The third kappa shape index (κ3) is 2.16. The molecule has 1 N–H and O–H groups in total. The van der Waals surface area contributed by atoms with E-state index in [1.165, 1.54) is 0 Å². The van der Waals surface area contributed by atoms with Gasteiger partial charge in [0.25, 0.3) is 0 Å². The molecule has 0 fully saturated rings. The Kier molecular flexibility index (Phi) is 3.77. The van der Waals surface area contributed by atoms with Crippen molar-refractivity contribution in [3.63, 3.8) is 0 Å².